The van der Waals surface area contributed by atoms with Crippen LogP contribution in [-0.4, -0.2) is 12.9 Å². The summed E-state index contributed by atoms with van der Waals surface area (Å²) in [4.78, 5) is 4.71. The fourth-order valence-electron chi connectivity index (χ4n) is 2.41. The predicted molar refractivity (Wildman–Crippen MR) is 86.2 cm³/mol. The Morgan fingerprint density at radius 3 is 2.81 bits per heavy atom. The van der Waals surface area contributed by atoms with Crippen molar-refractivity contribution in [3.63, 3.8) is 0 Å². The van der Waals surface area contributed by atoms with Crippen LogP contribution in [0.4, 0.5) is 11.4 Å². The fourth-order valence-corrected chi connectivity index (χ4v) is 2.41. The van der Waals surface area contributed by atoms with Crippen LogP contribution in [0.15, 0.2) is 53.5 Å². The highest BCUT2D eigenvalue weighted by atomic mass is 16.5. The second-order valence-corrected chi connectivity index (χ2v) is 5.02. The van der Waals surface area contributed by atoms with E-state index < -0.39 is 0 Å². The summed E-state index contributed by atoms with van der Waals surface area (Å²) in [6.07, 6.45) is 3.11. The molecule has 3 rings (SSSR count). The SMILES string of the molecule is COc1cccc(NNC2=Nc3ccccc3CCC2)c1. The number of hydrogen-bond acceptors (Lipinski definition) is 4. The number of fused-ring (bicyclic) bond motifs is 1. The van der Waals surface area contributed by atoms with Crippen LogP contribution in [0.2, 0.25) is 0 Å². The van der Waals surface area contributed by atoms with Crippen molar-refractivity contribution < 1.29 is 4.74 Å². The molecule has 108 valence electrons. The first-order valence-electron chi connectivity index (χ1n) is 7.17. The van der Waals surface area contributed by atoms with Gasteiger partial charge in [-0.2, -0.15) is 0 Å². The Kier molecular flexibility index (Phi) is 4.05. The third-order valence-electron chi connectivity index (χ3n) is 3.53. The summed E-state index contributed by atoms with van der Waals surface area (Å²) in [5.41, 5.74) is 9.73. The Morgan fingerprint density at radius 1 is 1.00 bits per heavy atom. The molecular formula is C17H19N3O. The van der Waals surface area contributed by atoms with Gasteiger partial charge in [0.15, 0.2) is 0 Å². The van der Waals surface area contributed by atoms with Gasteiger partial charge in [0.05, 0.1) is 18.5 Å². The van der Waals surface area contributed by atoms with Gasteiger partial charge in [-0.1, -0.05) is 24.3 Å². The quantitative estimate of drug-likeness (QED) is 0.844. The van der Waals surface area contributed by atoms with E-state index in [0.29, 0.717) is 0 Å². The van der Waals surface area contributed by atoms with E-state index in [9.17, 15) is 0 Å². The topological polar surface area (TPSA) is 45.6 Å². The van der Waals surface area contributed by atoms with Crippen LogP contribution in [0, 0.1) is 0 Å². The maximum absolute atomic E-state index is 5.22. The molecule has 21 heavy (non-hydrogen) atoms. The molecule has 1 aliphatic heterocycles. The number of aryl methyl sites for hydroxylation is 1. The number of ether oxygens (including phenoxy) is 1. The number of hydrogen-bond donors (Lipinski definition) is 2. The Balaban J connectivity index is 1.71. The normalized spacial score (nSPS) is 13.7. The summed E-state index contributed by atoms with van der Waals surface area (Å²) in [6.45, 7) is 0. The highest BCUT2D eigenvalue weighted by molar-refractivity contribution is 5.86. The number of nitrogens with zero attached hydrogens (tertiary/aromatic N) is 1. The van der Waals surface area contributed by atoms with E-state index >= 15 is 0 Å². The lowest BCUT2D eigenvalue weighted by atomic mass is 10.1. The Labute approximate surface area is 124 Å². The van der Waals surface area contributed by atoms with Crippen molar-refractivity contribution in [2.45, 2.75) is 19.3 Å². The number of anilines is 1. The van der Waals surface area contributed by atoms with Crippen LogP contribution in [-0.2, 0) is 6.42 Å². The van der Waals surface area contributed by atoms with Crippen molar-refractivity contribution in [3.05, 3.63) is 54.1 Å². The summed E-state index contributed by atoms with van der Waals surface area (Å²) in [5, 5.41) is 0. The van der Waals surface area contributed by atoms with E-state index in [2.05, 4.69) is 29.1 Å². The third-order valence-corrected chi connectivity index (χ3v) is 3.53. The van der Waals surface area contributed by atoms with Gasteiger partial charge in [0.25, 0.3) is 0 Å². The highest BCUT2D eigenvalue weighted by Gasteiger charge is 2.09. The van der Waals surface area contributed by atoms with E-state index in [-0.39, 0.29) is 0 Å². The van der Waals surface area contributed by atoms with E-state index in [1.54, 1.807) is 7.11 Å². The van der Waals surface area contributed by atoms with Crippen molar-refractivity contribution in [3.8, 4) is 5.75 Å². The average Bonchev–Trinajstić information content (AvgIpc) is 2.75. The zero-order valence-electron chi connectivity index (χ0n) is 12.1. The molecule has 4 nitrogen and oxygen atoms in total. The molecule has 0 unspecified atom stereocenters. The van der Waals surface area contributed by atoms with Crippen molar-refractivity contribution >= 4 is 17.2 Å². The molecule has 0 saturated carbocycles. The first kappa shape index (κ1) is 13.5. The Bertz CT molecular complexity index is 652. The number of para-hydroxylation sites is 1. The summed E-state index contributed by atoms with van der Waals surface area (Å²) in [5.74, 6) is 1.79. The number of rotatable bonds is 3. The second-order valence-electron chi connectivity index (χ2n) is 5.02. The number of methoxy groups -OCH3 is 1. The number of amidine groups is 1. The van der Waals surface area contributed by atoms with Gasteiger partial charge in [-0.3, -0.25) is 10.9 Å². The molecule has 0 atom stereocenters. The van der Waals surface area contributed by atoms with Crippen LogP contribution in [0.25, 0.3) is 0 Å². The Hall–Kier alpha value is -2.49. The number of hydrazine groups is 1. The van der Waals surface area contributed by atoms with Gasteiger partial charge >= 0.3 is 0 Å². The smallest absolute Gasteiger partial charge is 0.121 e. The average molecular weight is 281 g/mol. The molecule has 0 saturated heterocycles. The van der Waals surface area contributed by atoms with Gasteiger partial charge < -0.3 is 4.74 Å². The predicted octanol–water partition coefficient (Wildman–Crippen LogP) is 3.68. The van der Waals surface area contributed by atoms with Crippen LogP contribution >= 0.6 is 0 Å². The number of benzene rings is 2. The highest BCUT2D eigenvalue weighted by Crippen LogP contribution is 2.24. The fraction of sp³-hybridized carbons (Fsp3) is 0.235. The molecule has 0 amide bonds. The molecular weight excluding hydrogens is 262 g/mol. The van der Waals surface area contributed by atoms with Crippen molar-refractivity contribution in [1.82, 2.24) is 5.43 Å². The summed E-state index contributed by atoms with van der Waals surface area (Å²) >= 11 is 0. The van der Waals surface area contributed by atoms with E-state index in [1.807, 2.05) is 30.3 Å². The molecule has 1 heterocycles. The lowest BCUT2D eigenvalue weighted by molar-refractivity contribution is 0.415. The molecule has 2 aromatic carbocycles. The number of aliphatic imine (C=N–C) groups is 1. The molecule has 0 radical (unpaired) electrons. The molecule has 1 aliphatic rings. The van der Waals surface area contributed by atoms with E-state index in [4.69, 9.17) is 9.73 Å². The van der Waals surface area contributed by atoms with Gasteiger partial charge in [0, 0.05) is 12.5 Å². The standard InChI is InChI=1S/C17H19N3O/c1-21-15-9-5-8-14(12-15)19-20-17-11-4-7-13-6-2-3-10-16(13)18-17/h2-3,5-6,8-10,12,19H,4,7,11H2,1H3,(H,18,20). The summed E-state index contributed by atoms with van der Waals surface area (Å²) in [7, 11) is 1.67. The van der Waals surface area contributed by atoms with E-state index in [1.165, 1.54) is 5.56 Å². The molecule has 0 fully saturated rings. The summed E-state index contributed by atoms with van der Waals surface area (Å²) < 4.78 is 5.22. The number of nitrogens with one attached hydrogen (secondary N) is 2. The second kappa shape index (κ2) is 6.31. The first-order valence-corrected chi connectivity index (χ1v) is 7.17. The van der Waals surface area contributed by atoms with Crippen molar-refractivity contribution in [2.75, 3.05) is 12.5 Å². The molecule has 0 spiro atoms. The first-order chi connectivity index (χ1) is 10.3. The van der Waals surface area contributed by atoms with Crippen LogP contribution in [0.3, 0.4) is 0 Å². The minimum atomic E-state index is 0.829. The largest absolute Gasteiger partial charge is 0.497 e. The minimum absolute atomic E-state index is 0.829. The molecule has 0 aromatic heterocycles. The summed E-state index contributed by atoms with van der Waals surface area (Å²) in [6, 6.07) is 16.1. The van der Waals surface area contributed by atoms with Crippen LogP contribution in [0.1, 0.15) is 18.4 Å². The third kappa shape index (κ3) is 3.34. The zero-order chi connectivity index (χ0) is 14.5. The Morgan fingerprint density at radius 2 is 1.90 bits per heavy atom. The molecule has 2 N–H and O–H groups in total. The van der Waals surface area contributed by atoms with Gasteiger partial charge in [-0.05, 0) is 36.6 Å². The van der Waals surface area contributed by atoms with Gasteiger partial charge in [0.2, 0.25) is 0 Å². The maximum atomic E-state index is 5.22. The molecule has 2 aromatic rings. The lowest BCUT2D eigenvalue weighted by Gasteiger charge is -2.12. The van der Waals surface area contributed by atoms with E-state index in [0.717, 1.165) is 42.2 Å². The molecule has 0 aliphatic carbocycles. The van der Waals surface area contributed by atoms with Crippen molar-refractivity contribution in [1.29, 1.82) is 0 Å². The van der Waals surface area contributed by atoms with Gasteiger partial charge in [0.1, 0.15) is 11.6 Å². The molecule has 0 bridgehead atoms. The monoisotopic (exact) mass is 281 g/mol. The van der Waals surface area contributed by atoms with Crippen LogP contribution < -0.4 is 15.6 Å². The maximum Gasteiger partial charge on any atom is 0.121 e. The molecule has 4 heteroatoms. The van der Waals surface area contributed by atoms with Crippen LogP contribution in [0.5, 0.6) is 5.75 Å². The van der Waals surface area contributed by atoms with Gasteiger partial charge in [-0.15, -0.1) is 0 Å². The lowest BCUT2D eigenvalue weighted by Crippen LogP contribution is -2.29. The van der Waals surface area contributed by atoms with Gasteiger partial charge in [-0.25, -0.2) is 4.99 Å². The minimum Gasteiger partial charge on any atom is -0.497 e. The van der Waals surface area contributed by atoms with Crippen molar-refractivity contribution in [2.24, 2.45) is 4.99 Å². The zero-order valence-corrected chi connectivity index (χ0v) is 12.1.